The Labute approximate surface area is 139 Å². The molecular formula is C17H19BrClN2+. The van der Waals surface area contributed by atoms with E-state index in [-0.39, 0.29) is 0 Å². The summed E-state index contributed by atoms with van der Waals surface area (Å²) in [5, 5.41) is 0.853. The lowest BCUT2D eigenvalue weighted by Crippen LogP contribution is -3.13. The molecule has 4 heteroatoms. The van der Waals surface area contributed by atoms with Crippen molar-refractivity contribution in [2.45, 2.75) is 6.54 Å². The predicted octanol–water partition coefficient (Wildman–Crippen LogP) is 3.01. The summed E-state index contributed by atoms with van der Waals surface area (Å²) in [6.07, 6.45) is 0. The van der Waals surface area contributed by atoms with Gasteiger partial charge in [-0.1, -0.05) is 57.9 Å². The van der Waals surface area contributed by atoms with Crippen LogP contribution in [-0.2, 0) is 6.54 Å². The first-order valence-corrected chi connectivity index (χ1v) is 8.47. The second kappa shape index (κ2) is 6.82. The average Bonchev–Trinajstić information content (AvgIpc) is 2.51. The van der Waals surface area contributed by atoms with Crippen LogP contribution in [0.5, 0.6) is 0 Å². The zero-order chi connectivity index (χ0) is 14.7. The lowest BCUT2D eigenvalue weighted by Gasteiger charge is -2.34. The van der Waals surface area contributed by atoms with Crippen LogP contribution in [0.25, 0.3) is 0 Å². The SMILES string of the molecule is Clc1ccccc1N1CC[NH+](Cc2ccccc2Br)CC1. The number of nitrogens with one attached hydrogen (secondary N) is 1. The van der Waals surface area contributed by atoms with E-state index in [1.165, 1.54) is 15.7 Å². The van der Waals surface area contributed by atoms with E-state index in [1.54, 1.807) is 4.90 Å². The van der Waals surface area contributed by atoms with E-state index in [4.69, 9.17) is 11.6 Å². The van der Waals surface area contributed by atoms with Gasteiger partial charge in [-0.3, -0.25) is 0 Å². The molecule has 1 aliphatic heterocycles. The maximum absolute atomic E-state index is 6.29. The standard InChI is InChI=1S/C17H18BrClN2/c18-15-6-2-1-5-14(15)13-20-9-11-21(12-10-20)17-8-4-3-7-16(17)19/h1-8H,9-13H2/p+1. The Morgan fingerprint density at radius 3 is 2.38 bits per heavy atom. The van der Waals surface area contributed by atoms with Crippen LogP contribution >= 0.6 is 27.5 Å². The highest BCUT2D eigenvalue weighted by Gasteiger charge is 2.21. The molecule has 21 heavy (non-hydrogen) atoms. The first-order chi connectivity index (χ1) is 10.2. The van der Waals surface area contributed by atoms with Gasteiger partial charge in [0, 0.05) is 10.0 Å². The van der Waals surface area contributed by atoms with Crippen molar-refractivity contribution in [2.75, 3.05) is 31.1 Å². The van der Waals surface area contributed by atoms with Crippen molar-refractivity contribution in [1.82, 2.24) is 0 Å². The number of benzene rings is 2. The molecule has 1 aliphatic rings. The van der Waals surface area contributed by atoms with E-state index in [0.717, 1.165) is 37.7 Å². The van der Waals surface area contributed by atoms with E-state index < -0.39 is 0 Å². The Kier molecular flexibility index (Phi) is 4.84. The number of hydrogen-bond donors (Lipinski definition) is 1. The van der Waals surface area contributed by atoms with Gasteiger partial charge >= 0.3 is 0 Å². The highest BCUT2D eigenvalue weighted by Crippen LogP contribution is 2.24. The van der Waals surface area contributed by atoms with E-state index >= 15 is 0 Å². The van der Waals surface area contributed by atoms with Crippen molar-refractivity contribution in [3.05, 3.63) is 63.6 Å². The third-order valence-electron chi connectivity index (χ3n) is 4.06. The van der Waals surface area contributed by atoms with Crippen molar-refractivity contribution in [2.24, 2.45) is 0 Å². The van der Waals surface area contributed by atoms with E-state index in [2.05, 4.69) is 57.2 Å². The fraction of sp³-hybridized carbons (Fsp3) is 0.294. The smallest absolute Gasteiger partial charge is 0.104 e. The van der Waals surface area contributed by atoms with E-state index in [0.29, 0.717) is 0 Å². The lowest BCUT2D eigenvalue weighted by molar-refractivity contribution is -0.914. The van der Waals surface area contributed by atoms with Gasteiger partial charge in [0.05, 0.1) is 36.9 Å². The monoisotopic (exact) mass is 365 g/mol. The topological polar surface area (TPSA) is 7.68 Å². The number of para-hydroxylation sites is 1. The first-order valence-electron chi connectivity index (χ1n) is 7.30. The van der Waals surface area contributed by atoms with Gasteiger partial charge in [-0.05, 0) is 18.2 Å². The fourth-order valence-electron chi connectivity index (χ4n) is 2.86. The van der Waals surface area contributed by atoms with Crippen molar-refractivity contribution < 1.29 is 4.90 Å². The third kappa shape index (κ3) is 3.60. The minimum Gasteiger partial charge on any atom is -0.359 e. The molecule has 110 valence electrons. The largest absolute Gasteiger partial charge is 0.359 e. The van der Waals surface area contributed by atoms with Gasteiger partial charge in [0.15, 0.2) is 0 Å². The van der Waals surface area contributed by atoms with Crippen LogP contribution in [0.15, 0.2) is 53.0 Å². The van der Waals surface area contributed by atoms with Crippen LogP contribution < -0.4 is 9.80 Å². The number of piperazine rings is 1. The number of hydrogen-bond acceptors (Lipinski definition) is 1. The molecule has 1 saturated heterocycles. The molecule has 0 spiro atoms. The molecule has 1 N–H and O–H groups in total. The van der Waals surface area contributed by atoms with E-state index in [1.807, 2.05) is 12.1 Å². The number of halogens is 2. The van der Waals surface area contributed by atoms with Gasteiger partial charge in [-0.15, -0.1) is 0 Å². The Hall–Kier alpha value is -1.03. The molecule has 0 amide bonds. The fourth-order valence-corrected chi connectivity index (χ4v) is 3.54. The summed E-state index contributed by atoms with van der Waals surface area (Å²) in [6, 6.07) is 16.6. The van der Waals surface area contributed by atoms with Crippen LogP contribution in [0.3, 0.4) is 0 Å². The van der Waals surface area contributed by atoms with Crippen LogP contribution in [0.4, 0.5) is 5.69 Å². The highest BCUT2D eigenvalue weighted by molar-refractivity contribution is 9.10. The lowest BCUT2D eigenvalue weighted by atomic mass is 10.2. The molecule has 3 rings (SSSR count). The minimum atomic E-state index is 0.853. The molecular weight excluding hydrogens is 348 g/mol. The molecule has 0 aliphatic carbocycles. The quantitative estimate of drug-likeness (QED) is 0.877. The second-order valence-corrected chi connectivity index (χ2v) is 6.72. The van der Waals surface area contributed by atoms with Crippen LogP contribution in [0.1, 0.15) is 5.56 Å². The van der Waals surface area contributed by atoms with Crippen LogP contribution in [-0.4, -0.2) is 26.2 Å². The summed E-state index contributed by atoms with van der Waals surface area (Å²) < 4.78 is 1.21. The van der Waals surface area contributed by atoms with Gasteiger partial charge in [-0.2, -0.15) is 0 Å². The zero-order valence-corrected chi connectivity index (χ0v) is 14.2. The summed E-state index contributed by atoms with van der Waals surface area (Å²) in [7, 11) is 0. The van der Waals surface area contributed by atoms with Gasteiger partial charge in [0.1, 0.15) is 6.54 Å². The van der Waals surface area contributed by atoms with Crippen molar-refractivity contribution in [3.8, 4) is 0 Å². The Balaban J connectivity index is 1.61. The Morgan fingerprint density at radius 1 is 1.00 bits per heavy atom. The zero-order valence-electron chi connectivity index (χ0n) is 11.9. The summed E-state index contributed by atoms with van der Waals surface area (Å²) in [5.74, 6) is 0. The summed E-state index contributed by atoms with van der Waals surface area (Å²) in [5.41, 5.74) is 2.55. The molecule has 0 bridgehead atoms. The van der Waals surface area contributed by atoms with Gasteiger partial charge in [-0.25, -0.2) is 0 Å². The summed E-state index contributed by atoms with van der Waals surface area (Å²) >= 11 is 9.93. The number of nitrogens with zero attached hydrogens (tertiary/aromatic N) is 1. The van der Waals surface area contributed by atoms with Crippen molar-refractivity contribution in [1.29, 1.82) is 0 Å². The van der Waals surface area contributed by atoms with Crippen LogP contribution in [0.2, 0.25) is 5.02 Å². The molecule has 1 fully saturated rings. The Bertz CT molecular complexity index is 609. The van der Waals surface area contributed by atoms with E-state index in [9.17, 15) is 0 Å². The van der Waals surface area contributed by atoms with Gasteiger partial charge < -0.3 is 9.80 Å². The Morgan fingerprint density at radius 2 is 1.67 bits per heavy atom. The molecule has 2 nitrogen and oxygen atoms in total. The average molecular weight is 367 g/mol. The molecule has 2 aromatic carbocycles. The van der Waals surface area contributed by atoms with Gasteiger partial charge in [0.25, 0.3) is 0 Å². The maximum Gasteiger partial charge on any atom is 0.104 e. The maximum atomic E-state index is 6.29. The van der Waals surface area contributed by atoms with Crippen molar-refractivity contribution in [3.63, 3.8) is 0 Å². The predicted molar refractivity (Wildman–Crippen MR) is 92.2 cm³/mol. The number of anilines is 1. The highest BCUT2D eigenvalue weighted by atomic mass is 79.9. The second-order valence-electron chi connectivity index (χ2n) is 5.46. The number of quaternary nitrogens is 1. The summed E-state index contributed by atoms with van der Waals surface area (Å²) in [6.45, 7) is 5.49. The first kappa shape index (κ1) is 14.9. The number of rotatable bonds is 3. The van der Waals surface area contributed by atoms with Gasteiger partial charge in [0.2, 0.25) is 0 Å². The molecule has 0 atom stereocenters. The third-order valence-corrected chi connectivity index (χ3v) is 5.16. The normalized spacial score (nSPS) is 16.2. The molecule has 2 aromatic rings. The molecule has 0 unspecified atom stereocenters. The van der Waals surface area contributed by atoms with Crippen molar-refractivity contribution >= 4 is 33.2 Å². The molecule has 0 radical (unpaired) electrons. The minimum absolute atomic E-state index is 0.853. The summed E-state index contributed by atoms with van der Waals surface area (Å²) in [4.78, 5) is 4.02. The molecule has 1 heterocycles. The van der Waals surface area contributed by atoms with Crippen LogP contribution in [0, 0.1) is 0 Å². The molecule has 0 aromatic heterocycles. The molecule has 0 saturated carbocycles.